The van der Waals surface area contributed by atoms with E-state index in [9.17, 15) is 9.90 Å². The highest BCUT2D eigenvalue weighted by molar-refractivity contribution is 5.74. The van der Waals surface area contributed by atoms with Gasteiger partial charge in [0, 0.05) is 0 Å². The molecule has 2 saturated carbocycles. The van der Waals surface area contributed by atoms with Crippen molar-refractivity contribution in [3.63, 3.8) is 0 Å². The van der Waals surface area contributed by atoms with Crippen molar-refractivity contribution in [3.8, 4) is 0 Å². The molecule has 0 amide bonds. The summed E-state index contributed by atoms with van der Waals surface area (Å²) in [5.74, 6) is -0.143. The molecule has 166 valence electrons. The van der Waals surface area contributed by atoms with Gasteiger partial charge in [-0.05, 0) is 45.4 Å². The molecule has 1 atom stereocenters. The van der Waals surface area contributed by atoms with Gasteiger partial charge >= 0.3 is 5.97 Å². The predicted molar refractivity (Wildman–Crippen MR) is 110 cm³/mol. The van der Waals surface area contributed by atoms with Crippen LogP contribution in [0.25, 0.3) is 0 Å². The molecule has 4 nitrogen and oxygen atoms in total. The number of nitrogens with zero attached hydrogens (tertiary/aromatic N) is 1. The fourth-order valence-electron chi connectivity index (χ4n) is 5.14. The van der Waals surface area contributed by atoms with Gasteiger partial charge in [-0.1, -0.05) is 51.4 Å². The van der Waals surface area contributed by atoms with Crippen LogP contribution in [0.3, 0.4) is 0 Å². The second kappa shape index (κ2) is 12.5. The van der Waals surface area contributed by atoms with E-state index >= 15 is 0 Å². The molecule has 0 aromatic carbocycles. The van der Waals surface area contributed by atoms with Crippen molar-refractivity contribution in [1.29, 1.82) is 0 Å². The zero-order chi connectivity index (χ0) is 19.8. The molecule has 2 fully saturated rings. The number of carbonyl (C=O) groups excluding carboxylic acids is 1. The van der Waals surface area contributed by atoms with Gasteiger partial charge in [0.2, 0.25) is 0 Å². The predicted octanol–water partition coefficient (Wildman–Crippen LogP) is 1.69. The topological polar surface area (TPSA) is 46.5 Å². The van der Waals surface area contributed by atoms with Crippen molar-refractivity contribution < 1.29 is 36.1 Å². The number of hydrogen-bond acceptors (Lipinski definition) is 3. The summed E-state index contributed by atoms with van der Waals surface area (Å²) in [7, 11) is 2.22. The number of aliphatic hydroxyl groups is 1. The summed E-state index contributed by atoms with van der Waals surface area (Å²) in [5, 5.41) is 11.6. The van der Waals surface area contributed by atoms with Gasteiger partial charge in [0.15, 0.2) is 0 Å². The Hall–Kier alpha value is -0.130. The van der Waals surface area contributed by atoms with Gasteiger partial charge in [0.05, 0.1) is 31.7 Å². The van der Waals surface area contributed by atoms with Crippen molar-refractivity contribution in [1.82, 2.24) is 0 Å². The average molecular weight is 463 g/mol. The number of quaternary nitrogens is 1. The summed E-state index contributed by atoms with van der Waals surface area (Å²) in [6, 6.07) is 0. The van der Waals surface area contributed by atoms with E-state index in [1.54, 1.807) is 0 Å². The van der Waals surface area contributed by atoms with Crippen LogP contribution in [0.1, 0.15) is 90.9 Å². The summed E-state index contributed by atoms with van der Waals surface area (Å²) in [6.07, 6.45) is 13.0. The summed E-state index contributed by atoms with van der Waals surface area (Å²) in [5.41, 5.74) is -0.854. The highest BCUT2D eigenvalue weighted by Gasteiger charge is 2.46. The molecule has 0 aliphatic heterocycles. The molecule has 1 unspecified atom stereocenters. The van der Waals surface area contributed by atoms with Crippen molar-refractivity contribution in [2.24, 2.45) is 11.8 Å². The first-order valence-electron chi connectivity index (χ1n) is 11.7. The number of hydrogen-bond donors (Lipinski definition) is 1. The fourth-order valence-corrected chi connectivity index (χ4v) is 5.14. The molecule has 0 aromatic heterocycles. The van der Waals surface area contributed by atoms with Gasteiger partial charge in [-0.2, -0.15) is 0 Å². The van der Waals surface area contributed by atoms with Crippen LogP contribution in [0, 0.1) is 11.8 Å². The van der Waals surface area contributed by atoms with Crippen molar-refractivity contribution >= 4 is 5.97 Å². The Morgan fingerprint density at radius 2 is 1.50 bits per heavy atom. The molecule has 0 radical (unpaired) electrons. The summed E-state index contributed by atoms with van der Waals surface area (Å²) in [6.45, 7) is 7.79. The second-order valence-corrected chi connectivity index (χ2v) is 9.39. The van der Waals surface area contributed by atoms with Crippen LogP contribution < -0.4 is 17.0 Å². The monoisotopic (exact) mass is 461 g/mol. The number of esters is 1. The van der Waals surface area contributed by atoms with Crippen LogP contribution in [0.5, 0.6) is 0 Å². The van der Waals surface area contributed by atoms with E-state index in [1.165, 1.54) is 38.5 Å². The number of halogens is 1. The molecule has 0 aromatic rings. The van der Waals surface area contributed by atoms with Gasteiger partial charge in [0.25, 0.3) is 0 Å². The lowest BCUT2D eigenvalue weighted by molar-refractivity contribution is -0.906. The highest BCUT2D eigenvalue weighted by atomic mass is 79.9. The van der Waals surface area contributed by atoms with E-state index in [2.05, 4.69) is 20.9 Å². The molecular formula is C23H44BrNO3. The van der Waals surface area contributed by atoms with E-state index in [1.807, 2.05) is 0 Å². The van der Waals surface area contributed by atoms with Crippen LogP contribution in [-0.4, -0.2) is 54.4 Å². The maximum absolute atomic E-state index is 13.2. The van der Waals surface area contributed by atoms with Gasteiger partial charge in [0.1, 0.15) is 13.2 Å². The Balaban J connectivity index is 0.00000392. The summed E-state index contributed by atoms with van der Waals surface area (Å²) in [4.78, 5) is 13.2. The van der Waals surface area contributed by atoms with Gasteiger partial charge in [-0.25, -0.2) is 0 Å². The molecule has 0 bridgehead atoms. The Labute approximate surface area is 183 Å². The minimum absolute atomic E-state index is 0. The maximum atomic E-state index is 13.2. The molecular weight excluding hydrogens is 418 g/mol. The number of rotatable bonds is 8. The lowest BCUT2D eigenvalue weighted by atomic mass is 9.68. The number of likely N-dealkylation sites (N-methyl/N-ethyl adjacent to an activating group) is 1. The second-order valence-electron chi connectivity index (χ2n) is 9.39. The van der Waals surface area contributed by atoms with E-state index in [0.29, 0.717) is 12.5 Å². The smallest absolute Gasteiger partial charge is 0.312 e. The van der Waals surface area contributed by atoms with Crippen molar-refractivity contribution in [3.05, 3.63) is 0 Å². The quantitative estimate of drug-likeness (QED) is 0.441. The zero-order valence-electron chi connectivity index (χ0n) is 18.6. The Morgan fingerprint density at radius 1 is 1.00 bits per heavy atom. The van der Waals surface area contributed by atoms with Gasteiger partial charge < -0.3 is 31.3 Å². The average Bonchev–Trinajstić information content (AvgIpc) is 2.66. The first-order valence-corrected chi connectivity index (χ1v) is 11.7. The molecule has 5 heteroatoms. The van der Waals surface area contributed by atoms with Crippen molar-refractivity contribution in [2.75, 3.05) is 33.3 Å². The third kappa shape index (κ3) is 7.28. The fraction of sp³-hybridized carbons (Fsp3) is 0.957. The third-order valence-corrected chi connectivity index (χ3v) is 7.58. The lowest BCUT2D eigenvalue weighted by Gasteiger charge is -2.41. The van der Waals surface area contributed by atoms with Crippen LogP contribution >= 0.6 is 0 Å². The van der Waals surface area contributed by atoms with Crippen LogP contribution in [0.15, 0.2) is 0 Å². The minimum atomic E-state index is -0.854. The van der Waals surface area contributed by atoms with Crippen molar-refractivity contribution in [2.45, 2.75) is 96.5 Å². The zero-order valence-corrected chi connectivity index (χ0v) is 20.1. The lowest BCUT2D eigenvalue weighted by Crippen LogP contribution is -3.00. The highest BCUT2D eigenvalue weighted by Crippen LogP contribution is 2.42. The van der Waals surface area contributed by atoms with Gasteiger partial charge in [-0.3, -0.25) is 4.79 Å². The third-order valence-electron chi connectivity index (χ3n) is 7.58. The summed E-state index contributed by atoms with van der Waals surface area (Å²) < 4.78 is 6.75. The Bertz CT molecular complexity index is 439. The number of ether oxygens (including phenoxy) is 1. The molecule has 0 saturated heterocycles. The van der Waals surface area contributed by atoms with Crippen LogP contribution in [0.2, 0.25) is 0 Å². The first-order chi connectivity index (χ1) is 12.9. The summed E-state index contributed by atoms with van der Waals surface area (Å²) >= 11 is 0. The van der Waals surface area contributed by atoms with E-state index in [0.717, 1.165) is 62.6 Å². The normalized spacial score (nSPS) is 22.4. The molecule has 28 heavy (non-hydrogen) atoms. The van der Waals surface area contributed by atoms with Crippen LogP contribution in [-0.2, 0) is 9.53 Å². The molecule has 2 aliphatic carbocycles. The maximum Gasteiger partial charge on any atom is 0.312 e. The molecule has 1 N–H and O–H groups in total. The van der Waals surface area contributed by atoms with E-state index in [-0.39, 0.29) is 28.9 Å². The van der Waals surface area contributed by atoms with E-state index < -0.39 is 5.60 Å². The van der Waals surface area contributed by atoms with Gasteiger partial charge in [-0.15, -0.1) is 0 Å². The minimum Gasteiger partial charge on any atom is -1.00 e. The molecule has 0 spiro atoms. The Morgan fingerprint density at radius 3 is 2.04 bits per heavy atom. The standard InChI is InChI=1S/C23H44NO3.BrH/c1-4-24(3,5-2)18-19-27-22(25)21(20-14-10-9-11-15-20)23(26)16-12-7-6-8-13-17-23;/h20-21,26H,4-19H2,1-3H3;1H/q+1;/p-1. The van der Waals surface area contributed by atoms with Crippen LogP contribution in [0.4, 0.5) is 0 Å². The number of carbonyl (C=O) groups is 1. The molecule has 0 heterocycles. The first kappa shape index (κ1) is 25.9. The Kier molecular flexibility index (Phi) is 11.6. The largest absolute Gasteiger partial charge is 1.00 e. The molecule has 2 aliphatic rings. The van der Waals surface area contributed by atoms with E-state index in [4.69, 9.17) is 4.74 Å². The SMILES string of the molecule is CC[N+](C)(CC)CCOC(=O)C(C1CCCCC1)C1(O)CCCCCCC1.[Br-]. The molecule has 2 rings (SSSR count).